The molecule has 8 heteroatoms. The van der Waals surface area contributed by atoms with Gasteiger partial charge >= 0.3 is 5.97 Å². The monoisotopic (exact) mass is 436 g/mol. The van der Waals surface area contributed by atoms with E-state index in [1.165, 1.54) is 6.07 Å². The van der Waals surface area contributed by atoms with Crippen molar-refractivity contribution in [2.24, 2.45) is 7.05 Å². The lowest BCUT2D eigenvalue weighted by atomic mass is 10.1. The lowest BCUT2D eigenvalue weighted by Gasteiger charge is -2.36. The number of benzene rings is 2. The Morgan fingerprint density at radius 1 is 1.25 bits per heavy atom. The average molecular weight is 436 g/mol. The number of para-hydroxylation sites is 1. The molecule has 0 saturated heterocycles. The molecule has 4 aromatic rings. The summed E-state index contributed by atoms with van der Waals surface area (Å²) in [5.41, 5.74) is 3.61. The van der Waals surface area contributed by atoms with E-state index in [0.717, 1.165) is 47.9 Å². The predicted octanol–water partition coefficient (Wildman–Crippen LogP) is 4.19. The molecule has 0 bridgehead atoms. The van der Waals surface area contributed by atoms with Gasteiger partial charge in [-0.05, 0) is 37.1 Å². The van der Waals surface area contributed by atoms with Crippen molar-refractivity contribution in [3.05, 3.63) is 47.8 Å². The summed E-state index contributed by atoms with van der Waals surface area (Å²) in [6.07, 6.45) is 1.61. The zero-order valence-corrected chi connectivity index (χ0v) is 18.0. The molecule has 166 valence electrons. The van der Waals surface area contributed by atoms with Gasteiger partial charge in [0.25, 0.3) is 0 Å². The first-order valence-electron chi connectivity index (χ1n) is 10.8. The zero-order valence-electron chi connectivity index (χ0n) is 18.0. The molecular formula is C24H25FN4O3. The minimum absolute atomic E-state index is 0.116. The number of hydrogen-bond acceptors (Lipinski definition) is 4. The number of aromatic nitrogens is 3. The fraction of sp³-hybridized carbons (Fsp3) is 0.333. The van der Waals surface area contributed by atoms with E-state index in [-0.39, 0.29) is 23.7 Å². The molecule has 2 N–H and O–H groups in total. The highest BCUT2D eigenvalue weighted by Gasteiger charge is 2.30. The Morgan fingerprint density at radius 2 is 2.06 bits per heavy atom. The van der Waals surface area contributed by atoms with Gasteiger partial charge in [0, 0.05) is 32.1 Å². The molecule has 1 unspecified atom stereocenters. The van der Waals surface area contributed by atoms with Crippen molar-refractivity contribution in [3.63, 3.8) is 0 Å². The van der Waals surface area contributed by atoms with Crippen LogP contribution in [0.5, 0.6) is 0 Å². The highest BCUT2D eigenvalue weighted by atomic mass is 19.1. The molecule has 32 heavy (non-hydrogen) atoms. The summed E-state index contributed by atoms with van der Waals surface area (Å²) >= 11 is 0. The predicted molar refractivity (Wildman–Crippen MR) is 122 cm³/mol. The normalized spacial score (nSPS) is 15.8. The first kappa shape index (κ1) is 20.5. The van der Waals surface area contributed by atoms with Gasteiger partial charge in [0.2, 0.25) is 0 Å². The second-order valence-corrected chi connectivity index (χ2v) is 8.33. The summed E-state index contributed by atoms with van der Waals surface area (Å²) in [6.45, 7) is 3.89. The lowest BCUT2D eigenvalue weighted by Crippen LogP contribution is -2.36. The molecule has 1 atom stereocenters. The Bertz CT molecular complexity index is 1360. The van der Waals surface area contributed by atoms with E-state index in [2.05, 4.69) is 39.6 Å². The van der Waals surface area contributed by atoms with Gasteiger partial charge in [0.05, 0.1) is 34.0 Å². The third kappa shape index (κ3) is 2.97. The maximum atomic E-state index is 14.8. The number of hydrogen-bond donors (Lipinski definition) is 2. The zero-order chi connectivity index (χ0) is 22.6. The number of aliphatic hydroxyl groups excluding tert-OH is 1. The standard InChI is InChI=1S/C24H25FN4O3/c1-3-16-13-28(8-5-9-30)19-7-4-6-14-12-20(29(16)21(14)19)23-26-18-11-15(24(31)32)10-17(25)22(18)27(23)2/h4,6-7,10-12,16,30H,3,5,8-9,13H2,1-2H3,(H,31,32). The van der Waals surface area contributed by atoms with E-state index in [1.54, 1.807) is 11.6 Å². The first-order chi connectivity index (χ1) is 15.4. The third-order valence-electron chi connectivity index (χ3n) is 6.43. The molecule has 2 aromatic carbocycles. The number of aryl methyl sites for hydroxylation is 1. The summed E-state index contributed by atoms with van der Waals surface area (Å²) in [7, 11) is 1.76. The van der Waals surface area contributed by atoms with Crippen molar-refractivity contribution in [2.45, 2.75) is 25.8 Å². The molecule has 0 spiro atoms. The van der Waals surface area contributed by atoms with Crippen molar-refractivity contribution in [1.82, 2.24) is 14.1 Å². The van der Waals surface area contributed by atoms with E-state index in [1.807, 2.05) is 6.07 Å². The molecule has 0 fully saturated rings. The van der Waals surface area contributed by atoms with Gasteiger partial charge in [0.15, 0.2) is 5.82 Å². The molecular weight excluding hydrogens is 411 g/mol. The van der Waals surface area contributed by atoms with E-state index in [4.69, 9.17) is 0 Å². The second kappa shape index (κ2) is 7.63. The molecule has 3 heterocycles. The van der Waals surface area contributed by atoms with Gasteiger partial charge < -0.3 is 24.2 Å². The number of carbonyl (C=O) groups is 1. The van der Waals surface area contributed by atoms with Crippen molar-refractivity contribution in [3.8, 4) is 11.5 Å². The Kier molecular flexibility index (Phi) is 4.89. The van der Waals surface area contributed by atoms with E-state index >= 15 is 0 Å². The number of aromatic carboxylic acids is 1. The number of nitrogens with zero attached hydrogens (tertiary/aromatic N) is 4. The van der Waals surface area contributed by atoms with Crippen molar-refractivity contribution >= 4 is 33.6 Å². The number of halogens is 1. The van der Waals surface area contributed by atoms with Gasteiger partial charge in [-0.2, -0.15) is 0 Å². The number of aliphatic hydroxyl groups is 1. The smallest absolute Gasteiger partial charge is 0.335 e. The van der Waals surface area contributed by atoms with Gasteiger partial charge in [-0.3, -0.25) is 0 Å². The molecule has 5 rings (SSSR count). The van der Waals surface area contributed by atoms with Crippen LogP contribution < -0.4 is 4.90 Å². The summed E-state index contributed by atoms with van der Waals surface area (Å²) in [4.78, 5) is 18.4. The summed E-state index contributed by atoms with van der Waals surface area (Å²) in [5, 5.41) is 19.7. The fourth-order valence-corrected chi connectivity index (χ4v) is 4.94. The third-order valence-corrected chi connectivity index (χ3v) is 6.43. The molecule has 0 aliphatic carbocycles. The van der Waals surface area contributed by atoms with Crippen LogP contribution >= 0.6 is 0 Å². The van der Waals surface area contributed by atoms with Crippen LogP contribution in [0.3, 0.4) is 0 Å². The topological polar surface area (TPSA) is 83.5 Å². The van der Waals surface area contributed by atoms with E-state index in [9.17, 15) is 19.4 Å². The summed E-state index contributed by atoms with van der Waals surface area (Å²) in [5.74, 6) is -1.18. The van der Waals surface area contributed by atoms with Crippen molar-refractivity contribution < 1.29 is 19.4 Å². The van der Waals surface area contributed by atoms with Crippen molar-refractivity contribution in [2.75, 3.05) is 24.6 Å². The molecule has 0 radical (unpaired) electrons. The van der Waals surface area contributed by atoms with Crippen LogP contribution in [0.2, 0.25) is 0 Å². The van der Waals surface area contributed by atoms with Crippen LogP contribution in [0.1, 0.15) is 36.2 Å². The number of carboxylic acids is 1. The molecule has 1 aliphatic heterocycles. The second-order valence-electron chi connectivity index (χ2n) is 8.33. The Hall–Kier alpha value is -3.39. The highest BCUT2D eigenvalue weighted by Crippen LogP contribution is 2.42. The van der Waals surface area contributed by atoms with E-state index in [0.29, 0.717) is 17.8 Å². The quantitative estimate of drug-likeness (QED) is 0.474. The SMILES string of the molecule is CCC1CN(CCCO)c2cccc3cc(-c4nc5cc(C(=O)O)cc(F)c5n4C)n1c23. The number of carboxylic acid groups (broad SMARTS) is 1. The Balaban J connectivity index is 1.76. The van der Waals surface area contributed by atoms with Gasteiger partial charge in [-0.1, -0.05) is 19.1 Å². The number of fused-ring (bicyclic) bond motifs is 1. The minimum Gasteiger partial charge on any atom is -0.478 e. The van der Waals surface area contributed by atoms with Gasteiger partial charge in [-0.15, -0.1) is 0 Å². The molecule has 1 aliphatic rings. The summed E-state index contributed by atoms with van der Waals surface area (Å²) < 4.78 is 18.8. The van der Waals surface area contributed by atoms with Crippen LogP contribution in [-0.2, 0) is 7.05 Å². The minimum atomic E-state index is -1.18. The maximum absolute atomic E-state index is 14.8. The van der Waals surface area contributed by atoms with E-state index < -0.39 is 11.8 Å². The molecule has 0 amide bonds. The first-order valence-corrected chi connectivity index (χ1v) is 10.8. The highest BCUT2D eigenvalue weighted by molar-refractivity contribution is 5.98. The van der Waals surface area contributed by atoms with Crippen LogP contribution in [0, 0.1) is 5.82 Å². The van der Waals surface area contributed by atoms with Gasteiger partial charge in [0.1, 0.15) is 11.3 Å². The number of anilines is 1. The van der Waals surface area contributed by atoms with Crippen LogP contribution in [0.4, 0.5) is 10.1 Å². The van der Waals surface area contributed by atoms with Crippen LogP contribution in [-0.4, -0.2) is 50.0 Å². The Labute approximate surface area is 184 Å². The number of imidazole rings is 1. The summed E-state index contributed by atoms with van der Waals surface area (Å²) in [6, 6.07) is 10.9. The molecule has 0 saturated carbocycles. The van der Waals surface area contributed by atoms with Crippen molar-refractivity contribution in [1.29, 1.82) is 0 Å². The fourth-order valence-electron chi connectivity index (χ4n) is 4.94. The van der Waals surface area contributed by atoms with Gasteiger partial charge in [-0.25, -0.2) is 14.2 Å². The molecule has 7 nitrogen and oxygen atoms in total. The van der Waals surface area contributed by atoms with Crippen LogP contribution in [0.15, 0.2) is 36.4 Å². The maximum Gasteiger partial charge on any atom is 0.335 e. The van der Waals surface area contributed by atoms with Crippen LogP contribution in [0.25, 0.3) is 33.5 Å². The molecule has 2 aromatic heterocycles. The average Bonchev–Trinajstić information content (AvgIpc) is 3.32. The lowest BCUT2D eigenvalue weighted by molar-refractivity contribution is 0.0696. The largest absolute Gasteiger partial charge is 0.478 e. The number of rotatable bonds is 6. The Morgan fingerprint density at radius 3 is 2.78 bits per heavy atom.